The molecule has 0 spiro atoms. The van der Waals surface area contributed by atoms with Crippen LogP contribution in [-0.2, 0) is 16.1 Å². The monoisotopic (exact) mass is 419 g/mol. The number of carbonyl (C=O) groups excluding carboxylic acids is 2. The summed E-state index contributed by atoms with van der Waals surface area (Å²) in [6.45, 7) is -0.250. The summed E-state index contributed by atoms with van der Waals surface area (Å²) < 4.78 is 5.16. The van der Waals surface area contributed by atoms with E-state index in [0.29, 0.717) is 16.2 Å². The Morgan fingerprint density at radius 1 is 1.00 bits per heavy atom. The highest BCUT2D eigenvalue weighted by Crippen LogP contribution is 2.34. The van der Waals surface area contributed by atoms with Crippen molar-refractivity contribution in [2.24, 2.45) is 0 Å². The average molecular weight is 419 g/mol. The molecule has 1 heterocycles. The molecule has 0 radical (unpaired) electrons. The lowest BCUT2D eigenvalue weighted by atomic mass is 10.1. The van der Waals surface area contributed by atoms with E-state index in [9.17, 15) is 14.4 Å². The third kappa shape index (κ3) is 4.36. The minimum atomic E-state index is -1.07. The van der Waals surface area contributed by atoms with Crippen LogP contribution in [0.5, 0.6) is 5.75 Å². The summed E-state index contributed by atoms with van der Waals surface area (Å²) in [5.41, 5.74) is 1.52. The number of imide groups is 1. The van der Waals surface area contributed by atoms with Crippen molar-refractivity contribution in [3.63, 3.8) is 0 Å². The molecule has 3 aromatic carbocycles. The molecule has 30 heavy (non-hydrogen) atoms. The molecule has 0 saturated carbocycles. The van der Waals surface area contributed by atoms with Crippen LogP contribution in [0.3, 0.4) is 0 Å². The van der Waals surface area contributed by atoms with E-state index < -0.39 is 12.6 Å². The van der Waals surface area contributed by atoms with Crippen LogP contribution in [-0.4, -0.2) is 33.7 Å². The van der Waals surface area contributed by atoms with Crippen LogP contribution in [0, 0.1) is 0 Å². The summed E-state index contributed by atoms with van der Waals surface area (Å²) in [5.74, 6) is -1.05. The van der Waals surface area contributed by atoms with E-state index in [2.05, 4.69) is 0 Å². The average Bonchev–Trinajstić information content (AvgIpc) is 3.00. The van der Waals surface area contributed by atoms with E-state index in [0.717, 1.165) is 28.1 Å². The third-order valence-electron chi connectivity index (χ3n) is 4.55. The molecule has 4 rings (SSSR count). The normalized spacial score (nSPS) is 15.2. The molecule has 7 heteroatoms. The highest BCUT2D eigenvalue weighted by atomic mass is 32.2. The molecule has 1 aliphatic rings. The van der Waals surface area contributed by atoms with Crippen LogP contribution in [0.4, 0.5) is 4.79 Å². The smallest absolute Gasteiger partial charge is 0.341 e. The number of fused-ring (bicyclic) bond motifs is 1. The number of aliphatic carboxylic acids is 1. The van der Waals surface area contributed by atoms with Crippen LogP contribution >= 0.6 is 11.8 Å². The molecule has 1 aliphatic heterocycles. The number of ether oxygens (including phenoxy) is 1. The highest BCUT2D eigenvalue weighted by molar-refractivity contribution is 8.18. The lowest BCUT2D eigenvalue weighted by Crippen LogP contribution is -2.27. The van der Waals surface area contributed by atoms with E-state index in [1.807, 2.05) is 42.5 Å². The van der Waals surface area contributed by atoms with E-state index in [1.165, 1.54) is 4.90 Å². The quantitative estimate of drug-likeness (QED) is 0.591. The Kier molecular flexibility index (Phi) is 5.54. The SMILES string of the molecule is O=C(O)COc1cccc(/C=C2\SC(=O)N(Cc3ccc4ccccc4c3)C2=O)c1. The second kappa shape index (κ2) is 8.42. The van der Waals surface area contributed by atoms with Gasteiger partial charge in [-0.15, -0.1) is 0 Å². The Labute approximate surface area is 176 Å². The van der Waals surface area contributed by atoms with E-state index in [1.54, 1.807) is 30.3 Å². The Morgan fingerprint density at radius 3 is 2.60 bits per heavy atom. The highest BCUT2D eigenvalue weighted by Gasteiger charge is 2.35. The first-order valence-electron chi connectivity index (χ1n) is 9.17. The summed E-state index contributed by atoms with van der Waals surface area (Å²) in [5, 5.41) is 10.5. The molecule has 2 amide bonds. The molecule has 1 N–H and O–H groups in total. The second-order valence-corrected chi connectivity index (χ2v) is 7.70. The van der Waals surface area contributed by atoms with Crippen LogP contribution in [0.25, 0.3) is 16.8 Å². The first-order valence-corrected chi connectivity index (χ1v) is 9.99. The molecule has 6 nitrogen and oxygen atoms in total. The number of carboxylic acids is 1. The Morgan fingerprint density at radius 2 is 1.80 bits per heavy atom. The third-order valence-corrected chi connectivity index (χ3v) is 5.45. The van der Waals surface area contributed by atoms with Crippen molar-refractivity contribution in [1.82, 2.24) is 4.90 Å². The number of hydrogen-bond acceptors (Lipinski definition) is 5. The minimum absolute atomic E-state index is 0.203. The first kappa shape index (κ1) is 19.7. The van der Waals surface area contributed by atoms with Gasteiger partial charge in [-0.25, -0.2) is 4.79 Å². The number of nitrogens with zero attached hydrogens (tertiary/aromatic N) is 1. The lowest BCUT2D eigenvalue weighted by Gasteiger charge is -2.13. The molecule has 150 valence electrons. The molecule has 0 unspecified atom stereocenters. The fourth-order valence-electron chi connectivity index (χ4n) is 3.15. The van der Waals surface area contributed by atoms with E-state index >= 15 is 0 Å². The predicted molar refractivity (Wildman–Crippen MR) is 115 cm³/mol. The maximum atomic E-state index is 12.8. The van der Waals surface area contributed by atoms with Crippen LogP contribution in [0.1, 0.15) is 11.1 Å². The van der Waals surface area contributed by atoms with Crippen molar-refractivity contribution in [2.75, 3.05) is 6.61 Å². The van der Waals surface area contributed by atoms with Gasteiger partial charge in [0.1, 0.15) is 5.75 Å². The van der Waals surface area contributed by atoms with Gasteiger partial charge in [0.05, 0.1) is 11.4 Å². The minimum Gasteiger partial charge on any atom is -0.482 e. The molecule has 1 saturated heterocycles. The number of benzene rings is 3. The summed E-state index contributed by atoms with van der Waals surface area (Å²) in [6, 6.07) is 20.5. The molecule has 3 aromatic rings. The van der Waals surface area contributed by atoms with Crippen molar-refractivity contribution in [1.29, 1.82) is 0 Å². The van der Waals surface area contributed by atoms with Gasteiger partial charge in [0.25, 0.3) is 11.1 Å². The maximum absolute atomic E-state index is 12.8. The Hall–Kier alpha value is -3.58. The Balaban J connectivity index is 1.52. The predicted octanol–water partition coefficient (Wildman–Crippen LogP) is 4.54. The second-order valence-electron chi connectivity index (χ2n) is 6.70. The van der Waals surface area contributed by atoms with Gasteiger partial charge in [0, 0.05) is 0 Å². The van der Waals surface area contributed by atoms with Crippen molar-refractivity contribution in [3.05, 3.63) is 82.8 Å². The molecular formula is C23H17NO5S. The fourth-order valence-corrected chi connectivity index (χ4v) is 3.98. The number of rotatable bonds is 6. The summed E-state index contributed by atoms with van der Waals surface area (Å²) in [6.07, 6.45) is 1.61. The number of thioether (sulfide) groups is 1. The zero-order chi connectivity index (χ0) is 21.1. The van der Waals surface area contributed by atoms with Gasteiger partial charge in [-0.3, -0.25) is 14.5 Å². The molecule has 0 atom stereocenters. The van der Waals surface area contributed by atoms with Crippen LogP contribution in [0.2, 0.25) is 0 Å². The summed E-state index contributed by atoms with van der Waals surface area (Å²) in [4.78, 5) is 37.4. The maximum Gasteiger partial charge on any atom is 0.341 e. The van der Waals surface area contributed by atoms with Gasteiger partial charge < -0.3 is 9.84 Å². The van der Waals surface area contributed by atoms with Crippen LogP contribution < -0.4 is 4.74 Å². The summed E-state index contributed by atoms with van der Waals surface area (Å²) >= 11 is 0.887. The van der Waals surface area contributed by atoms with Gasteiger partial charge in [0.2, 0.25) is 0 Å². The van der Waals surface area contributed by atoms with E-state index in [4.69, 9.17) is 9.84 Å². The molecule has 0 aliphatic carbocycles. The van der Waals surface area contributed by atoms with Crippen molar-refractivity contribution >= 4 is 45.7 Å². The van der Waals surface area contributed by atoms with Crippen molar-refractivity contribution < 1.29 is 24.2 Å². The molecule has 1 fully saturated rings. The van der Waals surface area contributed by atoms with Gasteiger partial charge in [-0.05, 0) is 57.9 Å². The zero-order valence-electron chi connectivity index (χ0n) is 15.8. The molecule has 0 bridgehead atoms. The van der Waals surface area contributed by atoms with Crippen LogP contribution in [0.15, 0.2) is 71.6 Å². The lowest BCUT2D eigenvalue weighted by molar-refractivity contribution is -0.139. The van der Waals surface area contributed by atoms with Gasteiger partial charge >= 0.3 is 5.97 Å². The Bertz CT molecular complexity index is 1190. The molecular weight excluding hydrogens is 402 g/mol. The summed E-state index contributed by atoms with van der Waals surface area (Å²) in [7, 11) is 0. The zero-order valence-corrected chi connectivity index (χ0v) is 16.6. The largest absolute Gasteiger partial charge is 0.482 e. The number of hydrogen-bond donors (Lipinski definition) is 1. The van der Waals surface area contributed by atoms with Crippen molar-refractivity contribution in [2.45, 2.75) is 6.54 Å². The van der Waals surface area contributed by atoms with E-state index in [-0.39, 0.29) is 17.7 Å². The van der Waals surface area contributed by atoms with Gasteiger partial charge in [-0.1, -0.05) is 48.5 Å². The van der Waals surface area contributed by atoms with Crippen molar-refractivity contribution in [3.8, 4) is 5.75 Å². The van der Waals surface area contributed by atoms with Gasteiger partial charge in [-0.2, -0.15) is 0 Å². The topological polar surface area (TPSA) is 83.9 Å². The standard InChI is InChI=1S/C23H17NO5S/c25-21(26)14-29-19-7-3-4-15(11-19)12-20-22(27)24(23(28)30-20)13-16-8-9-17-5-1-2-6-18(17)10-16/h1-12H,13-14H2,(H,25,26)/b20-12-. The number of carbonyl (C=O) groups is 3. The fraction of sp³-hybridized carbons (Fsp3) is 0.0870. The number of carboxylic acid groups (broad SMARTS) is 1. The first-order chi connectivity index (χ1) is 14.5. The van der Waals surface area contributed by atoms with Gasteiger partial charge in [0.15, 0.2) is 6.61 Å². The number of amides is 2. The molecule has 0 aromatic heterocycles.